The Morgan fingerprint density at radius 3 is 2.95 bits per heavy atom. The molecule has 1 aliphatic rings. The Bertz CT molecular complexity index is 656. The van der Waals surface area contributed by atoms with Gasteiger partial charge in [-0.2, -0.15) is 0 Å². The number of methoxy groups -OCH3 is 1. The van der Waals surface area contributed by atoms with Crippen molar-refractivity contribution >= 4 is 5.82 Å². The number of nitrogens with zero attached hydrogens (tertiary/aromatic N) is 2. The van der Waals surface area contributed by atoms with Crippen molar-refractivity contribution < 1.29 is 14.6 Å². The number of nitrogens with one attached hydrogen (secondary N) is 1. The van der Waals surface area contributed by atoms with Crippen LogP contribution in [0, 0.1) is 0 Å². The summed E-state index contributed by atoms with van der Waals surface area (Å²) in [7, 11) is 3.35. The van der Waals surface area contributed by atoms with E-state index in [0.29, 0.717) is 24.8 Å². The van der Waals surface area contributed by atoms with E-state index < -0.39 is 0 Å². The van der Waals surface area contributed by atoms with Crippen LogP contribution < -0.4 is 10.1 Å². The molecule has 0 aliphatic carbocycles. The van der Waals surface area contributed by atoms with E-state index in [1.807, 2.05) is 7.05 Å². The minimum Gasteiger partial charge on any atom is -0.504 e. The van der Waals surface area contributed by atoms with E-state index in [0.717, 1.165) is 29.1 Å². The Morgan fingerprint density at radius 1 is 1.33 bits per heavy atom. The van der Waals surface area contributed by atoms with Gasteiger partial charge in [-0.1, -0.05) is 0 Å². The van der Waals surface area contributed by atoms with Crippen LogP contribution in [0.3, 0.4) is 0 Å². The molecule has 21 heavy (non-hydrogen) atoms. The summed E-state index contributed by atoms with van der Waals surface area (Å²) in [6, 6.07) is 5.09. The lowest BCUT2D eigenvalue weighted by Crippen LogP contribution is -2.16. The summed E-state index contributed by atoms with van der Waals surface area (Å²) < 4.78 is 10.6. The van der Waals surface area contributed by atoms with E-state index in [9.17, 15) is 5.11 Å². The summed E-state index contributed by atoms with van der Waals surface area (Å²) in [6.45, 7) is 1.20. The third kappa shape index (κ3) is 2.50. The number of hydrogen-bond donors (Lipinski definition) is 2. The van der Waals surface area contributed by atoms with Crippen LogP contribution in [0.15, 0.2) is 18.2 Å². The summed E-state index contributed by atoms with van der Waals surface area (Å²) in [6.07, 6.45) is 0.773. The smallest absolute Gasteiger partial charge is 0.161 e. The van der Waals surface area contributed by atoms with Crippen LogP contribution >= 0.6 is 0 Å². The molecule has 1 aromatic heterocycles. The van der Waals surface area contributed by atoms with Crippen LogP contribution in [0.4, 0.5) is 5.82 Å². The molecule has 0 saturated carbocycles. The van der Waals surface area contributed by atoms with Crippen molar-refractivity contribution in [1.82, 2.24) is 9.97 Å². The average Bonchev–Trinajstić information content (AvgIpc) is 2.54. The molecule has 0 radical (unpaired) electrons. The number of aromatic nitrogens is 2. The predicted molar refractivity (Wildman–Crippen MR) is 78.6 cm³/mol. The molecule has 1 aromatic carbocycles. The van der Waals surface area contributed by atoms with E-state index in [1.54, 1.807) is 18.2 Å². The molecule has 2 aromatic rings. The van der Waals surface area contributed by atoms with Gasteiger partial charge < -0.3 is 19.9 Å². The summed E-state index contributed by atoms with van der Waals surface area (Å²) in [5.74, 6) is 1.89. The molecule has 6 nitrogen and oxygen atoms in total. The maximum Gasteiger partial charge on any atom is 0.161 e. The fraction of sp³-hybridized carbons (Fsp3) is 0.333. The first kappa shape index (κ1) is 13.6. The Kier molecular flexibility index (Phi) is 3.62. The highest BCUT2D eigenvalue weighted by atomic mass is 16.5. The van der Waals surface area contributed by atoms with Crippen molar-refractivity contribution in [2.24, 2.45) is 0 Å². The summed E-state index contributed by atoms with van der Waals surface area (Å²) in [5.41, 5.74) is 2.82. The minimum atomic E-state index is 0.0986. The van der Waals surface area contributed by atoms with Crippen LogP contribution in [0.5, 0.6) is 11.5 Å². The number of phenolic OH excluding ortho intramolecular Hbond substituents is 1. The fourth-order valence-corrected chi connectivity index (χ4v) is 2.38. The third-order valence-electron chi connectivity index (χ3n) is 3.50. The zero-order chi connectivity index (χ0) is 14.8. The van der Waals surface area contributed by atoms with Gasteiger partial charge in [0.25, 0.3) is 0 Å². The van der Waals surface area contributed by atoms with E-state index >= 15 is 0 Å². The van der Waals surface area contributed by atoms with Crippen LogP contribution in [-0.4, -0.2) is 35.8 Å². The minimum absolute atomic E-state index is 0.0986. The first-order valence-corrected chi connectivity index (χ1v) is 6.75. The number of rotatable bonds is 3. The van der Waals surface area contributed by atoms with Gasteiger partial charge in [0.15, 0.2) is 17.3 Å². The van der Waals surface area contributed by atoms with Crippen LogP contribution in [-0.2, 0) is 17.8 Å². The van der Waals surface area contributed by atoms with Crippen molar-refractivity contribution in [2.45, 2.75) is 13.0 Å². The molecule has 0 fully saturated rings. The van der Waals surface area contributed by atoms with Crippen molar-refractivity contribution in [2.75, 3.05) is 26.1 Å². The molecule has 6 heteroatoms. The molecular formula is C15H17N3O3. The zero-order valence-electron chi connectivity index (χ0n) is 12.0. The highest BCUT2D eigenvalue weighted by molar-refractivity contribution is 5.63. The van der Waals surface area contributed by atoms with Crippen molar-refractivity contribution in [1.29, 1.82) is 0 Å². The molecule has 3 rings (SSSR count). The fourth-order valence-electron chi connectivity index (χ4n) is 2.38. The number of fused-ring (bicyclic) bond motifs is 1. The number of phenols is 1. The first-order chi connectivity index (χ1) is 10.2. The number of ether oxygens (including phenoxy) is 2. The second kappa shape index (κ2) is 5.57. The molecule has 0 spiro atoms. The van der Waals surface area contributed by atoms with E-state index in [4.69, 9.17) is 9.47 Å². The lowest BCUT2D eigenvalue weighted by atomic mass is 10.1. The summed E-state index contributed by atoms with van der Waals surface area (Å²) in [4.78, 5) is 9.17. The molecule has 0 bridgehead atoms. The third-order valence-corrected chi connectivity index (χ3v) is 3.50. The van der Waals surface area contributed by atoms with E-state index in [1.165, 1.54) is 7.11 Å². The first-order valence-electron chi connectivity index (χ1n) is 6.75. The lowest BCUT2D eigenvalue weighted by molar-refractivity contribution is 0.109. The Labute approximate surface area is 122 Å². The van der Waals surface area contributed by atoms with Gasteiger partial charge in [0.05, 0.1) is 26.0 Å². The number of anilines is 1. The van der Waals surface area contributed by atoms with Gasteiger partial charge in [-0.25, -0.2) is 9.97 Å². The molecule has 0 saturated heterocycles. The molecule has 2 N–H and O–H groups in total. The van der Waals surface area contributed by atoms with Crippen molar-refractivity contribution in [3.05, 3.63) is 29.5 Å². The number of aromatic hydroxyl groups is 1. The SMILES string of the molecule is CNc1nc(-c2ccc(O)c(OC)c2)nc2c1COCC2. The van der Waals surface area contributed by atoms with Crippen LogP contribution in [0.2, 0.25) is 0 Å². The summed E-state index contributed by atoms with van der Waals surface area (Å²) in [5, 5.41) is 12.8. The van der Waals surface area contributed by atoms with Gasteiger partial charge >= 0.3 is 0 Å². The van der Waals surface area contributed by atoms with Gasteiger partial charge in [-0.3, -0.25) is 0 Å². The molecule has 0 unspecified atom stereocenters. The maximum absolute atomic E-state index is 9.68. The maximum atomic E-state index is 9.68. The Balaban J connectivity index is 2.10. The molecule has 110 valence electrons. The van der Waals surface area contributed by atoms with Crippen molar-refractivity contribution in [3.63, 3.8) is 0 Å². The van der Waals surface area contributed by atoms with E-state index in [-0.39, 0.29) is 5.75 Å². The van der Waals surface area contributed by atoms with Crippen LogP contribution in [0.25, 0.3) is 11.4 Å². The predicted octanol–water partition coefficient (Wildman–Crippen LogP) is 1.97. The monoisotopic (exact) mass is 287 g/mol. The van der Waals surface area contributed by atoms with Gasteiger partial charge in [0.2, 0.25) is 0 Å². The number of hydrogen-bond acceptors (Lipinski definition) is 6. The molecular weight excluding hydrogens is 270 g/mol. The second-order valence-corrected chi connectivity index (χ2v) is 4.76. The van der Waals surface area contributed by atoms with Gasteiger partial charge in [-0.15, -0.1) is 0 Å². The average molecular weight is 287 g/mol. The Hall–Kier alpha value is -2.34. The van der Waals surface area contributed by atoms with Crippen molar-refractivity contribution in [3.8, 4) is 22.9 Å². The quantitative estimate of drug-likeness (QED) is 0.899. The van der Waals surface area contributed by atoms with Gasteiger partial charge in [0, 0.05) is 24.6 Å². The second-order valence-electron chi connectivity index (χ2n) is 4.76. The molecule has 0 atom stereocenters. The largest absolute Gasteiger partial charge is 0.504 e. The van der Waals surface area contributed by atoms with Gasteiger partial charge in [-0.05, 0) is 18.2 Å². The number of benzene rings is 1. The normalized spacial score (nSPS) is 13.6. The highest BCUT2D eigenvalue weighted by Crippen LogP contribution is 2.32. The van der Waals surface area contributed by atoms with E-state index in [2.05, 4.69) is 15.3 Å². The van der Waals surface area contributed by atoms with Gasteiger partial charge in [0.1, 0.15) is 5.82 Å². The van der Waals surface area contributed by atoms with Crippen LogP contribution in [0.1, 0.15) is 11.3 Å². The zero-order valence-corrected chi connectivity index (χ0v) is 12.0. The molecule has 1 aliphatic heterocycles. The topological polar surface area (TPSA) is 76.5 Å². The lowest BCUT2D eigenvalue weighted by Gasteiger charge is -2.19. The highest BCUT2D eigenvalue weighted by Gasteiger charge is 2.18. The molecule has 0 amide bonds. The standard InChI is InChI=1S/C15H17N3O3/c1-16-15-10-8-21-6-5-11(10)17-14(18-15)9-3-4-12(19)13(7-9)20-2/h3-4,7,19H,5-6,8H2,1-2H3,(H,16,17,18). The Morgan fingerprint density at radius 2 is 2.19 bits per heavy atom. The summed E-state index contributed by atoms with van der Waals surface area (Å²) >= 11 is 0. The molecule has 2 heterocycles.